The fourth-order valence-corrected chi connectivity index (χ4v) is 4.21. The summed E-state index contributed by atoms with van der Waals surface area (Å²) in [6, 6.07) is -4.08. The SMILES string of the molecule is NC(=O)CCC(N)C(=O)N1CCCC1C(=O)N1CCCC1C(=O)NC(CCC(=O)O)C(=O)O. The Bertz CT molecular complexity index is 803. The summed E-state index contributed by atoms with van der Waals surface area (Å²) in [4.78, 5) is 74.5. The van der Waals surface area contributed by atoms with Gasteiger partial charge in [-0.3, -0.25) is 24.0 Å². The average molecular weight is 469 g/mol. The maximum absolute atomic E-state index is 13.2. The Hall–Kier alpha value is -3.22. The molecule has 2 heterocycles. The van der Waals surface area contributed by atoms with E-state index < -0.39 is 66.2 Å². The van der Waals surface area contributed by atoms with Crippen LogP contribution in [0, 0.1) is 0 Å². The first-order valence-corrected chi connectivity index (χ1v) is 10.9. The number of primary amides is 1. The van der Waals surface area contributed by atoms with Gasteiger partial charge in [0.15, 0.2) is 0 Å². The Morgan fingerprint density at radius 2 is 1.52 bits per heavy atom. The highest BCUT2D eigenvalue weighted by atomic mass is 16.4. The molecule has 184 valence electrons. The highest BCUT2D eigenvalue weighted by Crippen LogP contribution is 2.26. The number of hydrogen-bond acceptors (Lipinski definition) is 7. The molecule has 2 aliphatic heterocycles. The summed E-state index contributed by atoms with van der Waals surface area (Å²) in [5, 5.41) is 20.4. The number of nitrogens with two attached hydrogens (primary N) is 2. The van der Waals surface area contributed by atoms with Crippen LogP contribution in [0.25, 0.3) is 0 Å². The predicted molar refractivity (Wildman–Crippen MR) is 112 cm³/mol. The maximum atomic E-state index is 13.2. The summed E-state index contributed by atoms with van der Waals surface area (Å²) < 4.78 is 0. The van der Waals surface area contributed by atoms with E-state index in [0.29, 0.717) is 32.2 Å². The Morgan fingerprint density at radius 1 is 0.909 bits per heavy atom. The molecule has 2 fully saturated rings. The topological polar surface area (TPSA) is 213 Å². The lowest BCUT2D eigenvalue weighted by atomic mass is 10.1. The third-order valence-electron chi connectivity index (χ3n) is 5.94. The molecular weight excluding hydrogens is 438 g/mol. The minimum Gasteiger partial charge on any atom is -0.481 e. The van der Waals surface area contributed by atoms with Crippen LogP contribution in [0.15, 0.2) is 0 Å². The van der Waals surface area contributed by atoms with Crippen LogP contribution in [-0.2, 0) is 28.8 Å². The molecule has 0 spiro atoms. The largest absolute Gasteiger partial charge is 0.481 e. The van der Waals surface area contributed by atoms with Crippen molar-refractivity contribution in [1.29, 1.82) is 0 Å². The van der Waals surface area contributed by atoms with E-state index in [1.807, 2.05) is 0 Å². The molecule has 0 aromatic carbocycles. The van der Waals surface area contributed by atoms with Crippen molar-refractivity contribution in [2.24, 2.45) is 11.5 Å². The lowest BCUT2D eigenvalue weighted by Crippen LogP contribution is -2.56. The second-order valence-electron chi connectivity index (χ2n) is 8.32. The number of hydrogen-bond donors (Lipinski definition) is 5. The van der Waals surface area contributed by atoms with E-state index in [1.54, 1.807) is 0 Å². The Balaban J connectivity index is 2.05. The molecule has 2 rings (SSSR count). The monoisotopic (exact) mass is 469 g/mol. The standard InChI is InChI=1S/C20H31N5O8/c21-11(5-7-15(22)26)18(30)25-10-2-4-14(25)19(31)24-9-1-3-13(24)17(29)23-12(20(32)33)6-8-16(27)28/h11-14H,1-10,21H2,(H2,22,26)(H,23,29)(H,27,28)(H,32,33). The van der Waals surface area contributed by atoms with Crippen molar-refractivity contribution in [3.8, 4) is 0 Å². The highest BCUT2D eigenvalue weighted by molar-refractivity contribution is 5.95. The molecule has 0 aromatic heterocycles. The number of rotatable bonds is 11. The van der Waals surface area contributed by atoms with Gasteiger partial charge in [-0.1, -0.05) is 0 Å². The van der Waals surface area contributed by atoms with E-state index in [-0.39, 0.29) is 25.8 Å². The minimum atomic E-state index is -1.39. The van der Waals surface area contributed by atoms with Gasteiger partial charge in [0.2, 0.25) is 23.6 Å². The molecule has 33 heavy (non-hydrogen) atoms. The summed E-state index contributed by atoms with van der Waals surface area (Å²) >= 11 is 0. The van der Waals surface area contributed by atoms with Crippen molar-refractivity contribution in [3.63, 3.8) is 0 Å². The van der Waals surface area contributed by atoms with Gasteiger partial charge in [0.1, 0.15) is 18.1 Å². The molecule has 7 N–H and O–H groups in total. The minimum absolute atomic E-state index is 0.0552. The van der Waals surface area contributed by atoms with Crippen molar-refractivity contribution in [1.82, 2.24) is 15.1 Å². The lowest BCUT2D eigenvalue weighted by Gasteiger charge is -2.32. The van der Waals surface area contributed by atoms with Gasteiger partial charge < -0.3 is 36.8 Å². The maximum Gasteiger partial charge on any atom is 0.326 e. The zero-order valence-corrected chi connectivity index (χ0v) is 18.3. The number of nitrogens with zero attached hydrogens (tertiary/aromatic N) is 2. The third-order valence-corrected chi connectivity index (χ3v) is 5.94. The van der Waals surface area contributed by atoms with Crippen LogP contribution >= 0.6 is 0 Å². The van der Waals surface area contributed by atoms with Gasteiger partial charge in [0.05, 0.1) is 6.04 Å². The number of carbonyl (C=O) groups is 6. The van der Waals surface area contributed by atoms with E-state index in [9.17, 15) is 33.9 Å². The first-order valence-electron chi connectivity index (χ1n) is 10.9. The van der Waals surface area contributed by atoms with Gasteiger partial charge in [-0.2, -0.15) is 0 Å². The zero-order valence-electron chi connectivity index (χ0n) is 18.3. The second kappa shape index (κ2) is 11.6. The molecule has 13 nitrogen and oxygen atoms in total. The van der Waals surface area contributed by atoms with Gasteiger partial charge in [-0.05, 0) is 38.5 Å². The number of aliphatic carboxylic acids is 2. The number of carboxylic acids is 2. The summed E-state index contributed by atoms with van der Waals surface area (Å²) in [5.41, 5.74) is 11.0. The fourth-order valence-electron chi connectivity index (χ4n) is 4.21. The van der Waals surface area contributed by atoms with E-state index in [1.165, 1.54) is 9.80 Å². The number of nitrogens with one attached hydrogen (secondary N) is 1. The van der Waals surface area contributed by atoms with Gasteiger partial charge in [0.25, 0.3) is 0 Å². The third kappa shape index (κ3) is 6.88. The molecule has 4 amide bonds. The average Bonchev–Trinajstić information content (AvgIpc) is 3.43. The Morgan fingerprint density at radius 3 is 2.09 bits per heavy atom. The Labute approximate surface area is 190 Å². The summed E-state index contributed by atoms with van der Waals surface area (Å²) in [6.07, 6.45) is 1.11. The van der Waals surface area contributed by atoms with Gasteiger partial charge in [0, 0.05) is 25.9 Å². The fraction of sp³-hybridized carbons (Fsp3) is 0.700. The van der Waals surface area contributed by atoms with Crippen molar-refractivity contribution < 1.29 is 39.0 Å². The van der Waals surface area contributed by atoms with Crippen LogP contribution < -0.4 is 16.8 Å². The van der Waals surface area contributed by atoms with Crippen LogP contribution in [0.5, 0.6) is 0 Å². The van der Waals surface area contributed by atoms with E-state index >= 15 is 0 Å². The summed E-state index contributed by atoms with van der Waals surface area (Å²) in [5.74, 6) is -4.69. The highest BCUT2D eigenvalue weighted by Gasteiger charge is 2.43. The molecule has 0 radical (unpaired) electrons. The number of amides is 4. The van der Waals surface area contributed by atoms with Crippen molar-refractivity contribution in [2.45, 2.75) is 75.5 Å². The molecule has 4 atom stereocenters. The van der Waals surface area contributed by atoms with Crippen molar-refractivity contribution >= 4 is 35.6 Å². The smallest absolute Gasteiger partial charge is 0.326 e. The summed E-state index contributed by atoms with van der Waals surface area (Å²) in [7, 11) is 0. The molecule has 4 unspecified atom stereocenters. The van der Waals surface area contributed by atoms with Gasteiger partial charge in [-0.25, -0.2) is 4.79 Å². The van der Waals surface area contributed by atoms with Crippen LogP contribution in [0.3, 0.4) is 0 Å². The normalized spacial score (nSPS) is 22.0. The first-order chi connectivity index (χ1) is 15.5. The molecule has 0 saturated carbocycles. The second-order valence-corrected chi connectivity index (χ2v) is 8.32. The van der Waals surface area contributed by atoms with Crippen LogP contribution in [0.1, 0.15) is 51.4 Å². The number of carbonyl (C=O) groups excluding carboxylic acids is 4. The zero-order chi connectivity index (χ0) is 24.7. The number of likely N-dealkylation sites (tertiary alicyclic amines) is 2. The number of carboxylic acid groups (broad SMARTS) is 2. The molecule has 0 aromatic rings. The molecule has 13 heteroatoms. The van der Waals surface area contributed by atoms with Crippen LogP contribution in [-0.4, -0.2) is 92.8 Å². The molecule has 2 saturated heterocycles. The van der Waals surface area contributed by atoms with Crippen molar-refractivity contribution in [3.05, 3.63) is 0 Å². The van der Waals surface area contributed by atoms with Gasteiger partial charge >= 0.3 is 11.9 Å². The quantitative estimate of drug-likeness (QED) is 0.226. The molecular formula is C20H31N5O8. The van der Waals surface area contributed by atoms with Crippen molar-refractivity contribution in [2.75, 3.05) is 13.1 Å². The first kappa shape index (κ1) is 26.0. The molecule has 0 aliphatic carbocycles. The Kier molecular flexibility index (Phi) is 9.14. The lowest BCUT2D eigenvalue weighted by molar-refractivity contribution is -0.148. The van der Waals surface area contributed by atoms with E-state index in [4.69, 9.17) is 16.6 Å². The van der Waals surface area contributed by atoms with E-state index in [2.05, 4.69) is 5.32 Å². The van der Waals surface area contributed by atoms with Crippen LogP contribution in [0.4, 0.5) is 0 Å². The molecule has 0 bridgehead atoms. The summed E-state index contributed by atoms with van der Waals surface area (Å²) in [6.45, 7) is 0.594. The van der Waals surface area contributed by atoms with E-state index in [0.717, 1.165) is 0 Å². The predicted octanol–water partition coefficient (Wildman–Crippen LogP) is -2.00. The molecule has 2 aliphatic rings. The van der Waals surface area contributed by atoms with Gasteiger partial charge in [-0.15, -0.1) is 0 Å². The van der Waals surface area contributed by atoms with Crippen LogP contribution in [0.2, 0.25) is 0 Å².